The maximum absolute atomic E-state index is 14.2. The first-order chi connectivity index (χ1) is 19.1. The van der Waals surface area contributed by atoms with Crippen LogP contribution >= 0.6 is 11.8 Å². The van der Waals surface area contributed by atoms with Gasteiger partial charge in [-0.05, 0) is 54.1 Å². The summed E-state index contributed by atoms with van der Waals surface area (Å²) < 4.78 is 0. The van der Waals surface area contributed by atoms with Crippen LogP contribution in [-0.2, 0) is 19.2 Å². The quantitative estimate of drug-likeness (QED) is 0.271. The SMILES string of the molecule is CSCC1(NC(=O)N[C@H](C(=O)N2CC3[C@@H]([C@H]2C(=O)NC(CC2CC2)C(=O)C(N)=O)C3(C)C)C(C)(C)C)CCCCC1. The van der Waals surface area contributed by atoms with E-state index in [1.54, 1.807) is 16.7 Å². The number of nitrogens with one attached hydrogen (secondary N) is 3. The highest BCUT2D eigenvalue weighted by Gasteiger charge is 2.70. The molecule has 0 radical (unpaired) electrons. The maximum atomic E-state index is 14.2. The zero-order chi connectivity index (χ0) is 30.3. The number of hydrogen-bond donors (Lipinski definition) is 4. The number of urea groups is 1. The molecule has 5 atom stereocenters. The molecule has 4 fully saturated rings. The normalized spacial score (nSPS) is 27.7. The number of hydrogen-bond acceptors (Lipinski definition) is 6. The summed E-state index contributed by atoms with van der Waals surface area (Å²) in [6.07, 6.45) is 9.41. The third-order valence-corrected chi connectivity index (χ3v) is 10.7. The molecule has 0 aromatic rings. The molecule has 41 heavy (non-hydrogen) atoms. The summed E-state index contributed by atoms with van der Waals surface area (Å²) in [6, 6.07) is -3.00. The zero-order valence-electron chi connectivity index (χ0n) is 25.5. The number of Topliss-reactive ketones (excluding diaryl/α,β-unsaturated/α-hetero) is 1. The van der Waals surface area contributed by atoms with E-state index < -0.39 is 41.1 Å². The standard InChI is InChI=1S/C30H49N5O5S/c1-28(2,3)23(33-27(40)34-30(16-41-6)12-8-7-9-13-30)26(39)35-15-18-20(29(18,4)5)21(35)25(38)32-19(14-17-10-11-17)22(36)24(31)37/h17-21,23H,7-16H2,1-6H3,(H2,31,37)(H,32,38)(H2,33,34,40)/t18?,19?,20-,21-,23+/m0/s1. The molecule has 5 N–H and O–H groups in total. The summed E-state index contributed by atoms with van der Waals surface area (Å²) in [7, 11) is 0. The van der Waals surface area contributed by atoms with Crippen molar-refractivity contribution in [2.24, 2.45) is 34.3 Å². The lowest BCUT2D eigenvalue weighted by Gasteiger charge is -2.40. The maximum Gasteiger partial charge on any atom is 0.315 e. The van der Waals surface area contributed by atoms with Gasteiger partial charge in [0, 0.05) is 12.3 Å². The fourth-order valence-electron chi connectivity index (χ4n) is 7.19. The number of thioether (sulfide) groups is 1. The molecule has 1 heterocycles. The van der Waals surface area contributed by atoms with Crippen LogP contribution < -0.4 is 21.7 Å². The smallest absolute Gasteiger partial charge is 0.315 e. The number of fused-ring (bicyclic) bond motifs is 1. The highest BCUT2D eigenvalue weighted by Crippen LogP contribution is 2.65. The molecule has 1 aliphatic heterocycles. The Kier molecular flexibility index (Phi) is 9.08. The van der Waals surface area contributed by atoms with Crippen molar-refractivity contribution in [2.45, 2.75) is 110 Å². The van der Waals surface area contributed by atoms with E-state index in [0.717, 1.165) is 50.7 Å². The van der Waals surface area contributed by atoms with Crippen LogP contribution in [0.2, 0.25) is 0 Å². The number of carbonyl (C=O) groups is 5. The first-order valence-electron chi connectivity index (χ1n) is 15.1. The molecule has 10 nitrogen and oxygen atoms in total. The Labute approximate surface area is 248 Å². The van der Waals surface area contributed by atoms with E-state index in [2.05, 4.69) is 29.8 Å². The van der Waals surface area contributed by atoms with Crippen LogP contribution in [0.5, 0.6) is 0 Å². The molecule has 0 spiro atoms. The fourth-order valence-corrected chi connectivity index (χ4v) is 8.11. The Bertz CT molecular complexity index is 1060. The number of carbonyl (C=O) groups excluding carboxylic acids is 5. The van der Waals surface area contributed by atoms with Crippen molar-refractivity contribution in [2.75, 3.05) is 18.6 Å². The van der Waals surface area contributed by atoms with E-state index >= 15 is 0 Å². The Hall–Kier alpha value is -2.30. The van der Waals surface area contributed by atoms with Crippen molar-refractivity contribution in [1.82, 2.24) is 20.9 Å². The van der Waals surface area contributed by atoms with Crippen LogP contribution in [0.1, 0.15) is 86.0 Å². The van der Waals surface area contributed by atoms with Crippen molar-refractivity contribution in [3.63, 3.8) is 0 Å². The first kappa shape index (κ1) is 31.6. The number of piperidine rings is 1. The Balaban J connectivity index is 1.52. The number of primary amides is 1. The summed E-state index contributed by atoms with van der Waals surface area (Å²) in [5, 5.41) is 9.00. The molecule has 4 aliphatic rings. The number of amides is 5. The van der Waals surface area contributed by atoms with Gasteiger partial charge in [0.1, 0.15) is 12.1 Å². The summed E-state index contributed by atoms with van der Waals surface area (Å²) in [4.78, 5) is 67.2. The van der Waals surface area contributed by atoms with Crippen LogP contribution in [0.15, 0.2) is 0 Å². The van der Waals surface area contributed by atoms with Crippen LogP contribution in [0.4, 0.5) is 4.79 Å². The molecule has 0 bridgehead atoms. The van der Waals surface area contributed by atoms with Gasteiger partial charge in [0.25, 0.3) is 5.91 Å². The van der Waals surface area contributed by atoms with Crippen LogP contribution in [0, 0.1) is 28.6 Å². The van der Waals surface area contributed by atoms with Crippen molar-refractivity contribution < 1.29 is 24.0 Å². The van der Waals surface area contributed by atoms with Gasteiger partial charge in [-0.3, -0.25) is 19.2 Å². The molecule has 4 rings (SSSR count). The predicted octanol–water partition coefficient (Wildman–Crippen LogP) is 2.59. The minimum atomic E-state index is -1.07. The van der Waals surface area contributed by atoms with Crippen molar-refractivity contribution in [3.05, 3.63) is 0 Å². The highest BCUT2D eigenvalue weighted by molar-refractivity contribution is 7.98. The minimum absolute atomic E-state index is 0.0711. The van der Waals surface area contributed by atoms with Gasteiger partial charge in [-0.25, -0.2) is 4.79 Å². The summed E-state index contributed by atoms with van der Waals surface area (Å²) >= 11 is 1.71. The third-order valence-electron chi connectivity index (χ3n) is 9.90. The Morgan fingerprint density at radius 2 is 1.66 bits per heavy atom. The molecule has 11 heteroatoms. The third kappa shape index (κ3) is 6.86. The number of likely N-dealkylation sites (tertiary alicyclic amines) is 1. The fraction of sp³-hybridized carbons (Fsp3) is 0.833. The van der Waals surface area contributed by atoms with Crippen LogP contribution in [0.3, 0.4) is 0 Å². The molecule has 2 unspecified atom stereocenters. The topological polar surface area (TPSA) is 151 Å². The number of nitrogens with zero attached hydrogens (tertiary/aromatic N) is 1. The van der Waals surface area contributed by atoms with Crippen molar-refractivity contribution in [1.29, 1.82) is 0 Å². The van der Waals surface area contributed by atoms with Gasteiger partial charge in [-0.2, -0.15) is 11.8 Å². The summed E-state index contributed by atoms with van der Waals surface area (Å²) in [6.45, 7) is 10.3. The van der Waals surface area contributed by atoms with E-state index in [1.807, 2.05) is 27.0 Å². The van der Waals surface area contributed by atoms with Gasteiger partial charge in [-0.1, -0.05) is 66.7 Å². The molecule has 1 saturated heterocycles. The average Bonchev–Trinajstić information content (AvgIpc) is 3.73. The van der Waals surface area contributed by atoms with Gasteiger partial charge >= 0.3 is 6.03 Å². The molecular formula is C30H49N5O5S. The second kappa shape index (κ2) is 11.8. The van der Waals surface area contributed by atoms with Crippen LogP contribution in [-0.4, -0.2) is 76.7 Å². The number of rotatable bonds is 11. The van der Waals surface area contributed by atoms with Gasteiger partial charge in [0.15, 0.2) is 0 Å². The highest BCUT2D eigenvalue weighted by atomic mass is 32.2. The Morgan fingerprint density at radius 1 is 1.02 bits per heavy atom. The van der Waals surface area contributed by atoms with Gasteiger partial charge in [-0.15, -0.1) is 0 Å². The monoisotopic (exact) mass is 591 g/mol. The minimum Gasteiger partial charge on any atom is -0.363 e. The van der Waals surface area contributed by atoms with E-state index in [4.69, 9.17) is 5.73 Å². The predicted molar refractivity (Wildman–Crippen MR) is 159 cm³/mol. The molecule has 0 aromatic carbocycles. The summed E-state index contributed by atoms with van der Waals surface area (Å²) in [5.74, 6) is -1.46. The van der Waals surface area contributed by atoms with Crippen LogP contribution in [0.25, 0.3) is 0 Å². The zero-order valence-corrected chi connectivity index (χ0v) is 26.3. The number of nitrogens with two attached hydrogens (primary N) is 1. The average molecular weight is 592 g/mol. The Morgan fingerprint density at radius 3 is 2.20 bits per heavy atom. The molecular weight excluding hydrogens is 542 g/mol. The molecule has 0 aromatic heterocycles. The summed E-state index contributed by atoms with van der Waals surface area (Å²) in [5.41, 5.74) is 4.25. The lowest BCUT2D eigenvalue weighted by atomic mass is 9.83. The largest absolute Gasteiger partial charge is 0.363 e. The number of ketones is 1. The molecule has 3 saturated carbocycles. The second-order valence-electron chi connectivity index (χ2n) is 14.5. The van der Waals surface area contributed by atoms with Gasteiger partial charge < -0.3 is 26.6 Å². The van der Waals surface area contributed by atoms with Gasteiger partial charge in [0.05, 0.1) is 11.6 Å². The van der Waals surface area contributed by atoms with E-state index in [9.17, 15) is 24.0 Å². The lowest BCUT2D eigenvalue weighted by Crippen LogP contribution is -2.63. The molecule has 230 valence electrons. The van der Waals surface area contributed by atoms with Crippen molar-refractivity contribution in [3.8, 4) is 0 Å². The molecule has 3 aliphatic carbocycles. The van der Waals surface area contributed by atoms with E-state index in [1.165, 1.54) is 0 Å². The second-order valence-corrected chi connectivity index (χ2v) is 15.4. The van der Waals surface area contributed by atoms with E-state index in [0.29, 0.717) is 13.0 Å². The van der Waals surface area contributed by atoms with Crippen molar-refractivity contribution >= 4 is 41.3 Å². The lowest BCUT2D eigenvalue weighted by molar-refractivity contribution is -0.145. The first-order valence-corrected chi connectivity index (χ1v) is 16.5. The van der Waals surface area contributed by atoms with E-state index in [-0.39, 0.29) is 40.6 Å². The van der Waals surface area contributed by atoms with Gasteiger partial charge in [0.2, 0.25) is 17.6 Å². The molecule has 5 amide bonds.